The quantitative estimate of drug-likeness (QED) is 0.729. The van der Waals surface area contributed by atoms with Gasteiger partial charge in [0.05, 0.1) is 22.5 Å². The number of carbonyl (C=O) groups is 1. The van der Waals surface area contributed by atoms with E-state index < -0.39 is 10.0 Å². The minimum Gasteiger partial charge on any atom is -0.309 e. The summed E-state index contributed by atoms with van der Waals surface area (Å²) in [6.07, 6.45) is 2.11. The Kier molecular flexibility index (Phi) is 4.15. The van der Waals surface area contributed by atoms with Crippen LogP contribution >= 0.6 is 0 Å². The molecule has 1 N–H and O–H groups in total. The second-order valence-electron chi connectivity index (χ2n) is 7.14. The minimum absolute atomic E-state index is 0.0126. The molecule has 0 fully saturated rings. The fourth-order valence-corrected chi connectivity index (χ4v) is 4.92. The Bertz CT molecular complexity index is 1220. The molecule has 146 valence electrons. The average Bonchev–Trinajstić information content (AvgIpc) is 3.09. The van der Waals surface area contributed by atoms with E-state index >= 15 is 0 Å². The summed E-state index contributed by atoms with van der Waals surface area (Å²) in [5.41, 5.74) is 3.47. The molecule has 0 radical (unpaired) electrons. The summed E-state index contributed by atoms with van der Waals surface area (Å²) in [5.74, 6) is -0.0498. The molecule has 9 heteroatoms. The van der Waals surface area contributed by atoms with Crippen LogP contribution in [0.3, 0.4) is 0 Å². The van der Waals surface area contributed by atoms with E-state index in [0.29, 0.717) is 17.8 Å². The van der Waals surface area contributed by atoms with E-state index in [-0.39, 0.29) is 16.8 Å². The monoisotopic (exact) mass is 399 g/mol. The second-order valence-corrected chi connectivity index (χ2v) is 8.82. The van der Waals surface area contributed by atoms with E-state index in [0.717, 1.165) is 22.3 Å². The first-order valence-electron chi connectivity index (χ1n) is 8.92. The molecule has 0 unspecified atom stereocenters. The number of fused-ring (bicyclic) bond motifs is 2. The molecule has 1 aliphatic heterocycles. The molecule has 2 aromatic heterocycles. The van der Waals surface area contributed by atoms with Gasteiger partial charge in [-0.1, -0.05) is 0 Å². The van der Waals surface area contributed by atoms with Crippen molar-refractivity contribution in [3.05, 3.63) is 41.7 Å². The lowest BCUT2D eigenvalue weighted by molar-refractivity contribution is -0.116. The summed E-state index contributed by atoms with van der Waals surface area (Å²) < 4.78 is 30.0. The lowest BCUT2D eigenvalue weighted by atomic mass is 10.1. The van der Waals surface area contributed by atoms with Gasteiger partial charge in [-0.05, 0) is 50.1 Å². The van der Waals surface area contributed by atoms with Crippen LogP contribution in [0.1, 0.15) is 25.1 Å². The smallest absolute Gasteiger partial charge is 0.261 e. The minimum atomic E-state index is -3.79. The van der Waals surface area contributed by atoms with Crippen LogP contribution in [0.2, 0.25) is 0 Å². The van der Waals surface area contributed by atoms with Crippen molar-refractivity contribution >= 4 is 38.3 Å². The number of sulfonamides is 1. The maximum Gasteiger partial charge on any atom is 0.261 e. The first-order chi connectivity index (χ1) is 13.2. The number of nitrogens with zero attached hydrogens (tertiary/aromatic N) is 4. The maximum atomic E-state index is 12.9. The number of hydrogen-bond acceptors (Lipinski definition) is 5. The summed E-state index contributed by atoms with van der Waals surface area (Å²) in [6.45, 7) is 5.32. The summed E-state index contributed by atoms with van der Waals surface area (Å²) in [5, 5.41) is 5.09. The van der Waals surface area contributed by atoms with Gasteiger partial charge in [-0.3, -0.25) is 14.2 Å². The normalized spacial score (nSPS) is 16.4. The first kappa shape index (κ1) is 18.4. The van der Waals surface area contributed by atoms with Crippen LogP contribution in [-0.4, -0.2) is 35.1 Å². The van der Waals surface area contributed by atoms with Gasteiger partial charge in [-0.25, -0.2) is 13.4 Å². The van der Waals surface area contributed by atoms with Gasteiger partial charge >= 0.3 is 0 Å². The molecule has 1 amide bonds. The number of amides is 1. The van der Waals surface area contributed by atoms with E-state index in [4.69, 9.17) is 0 Å². The summed E-state index contributed by atoms with van der Waals surface area (Å²) in [6, 6.07) is 6.60. The predicted molar refractivity (Wildman–Crippen MR) is 107 cm³/mol. The standard InChI is InChI=1S/C19H21N5O3S/c1-11-7-14-8-16(5-6-18(14)24(11)13(3)25)28(26,27)22-15-9-17-12(2)21-23(4)19(17)20-10-15/h5-6,8-11,22H,7H2,1-4H3/t11-/m0/s1. The molecular formula is C19H21N5O3S. The Morgan fingerprint density at radius 3 is 2.75 bits per heavy atom. The molecule has 0 bridgehead atoms. The van der Waals surface area contributed by atoms with E-state index in [9.17, 15) is 13.2 Å². The van der Waals surface area contributed by atoms with E-state index in [2.05, 4.69) is 14.8 Å². The maximum absolute atomic E-state index is 12.9. The van der Waals surface area contributed by atoms with Crippen LogP contribution in [-0.2, 0) is 28.3 Å². The molecule has 1 aliphatic rings. The highest BCUT2D eigenvalue weighted by Gasteiger charge is 2.30. The number of hydrogen-bond donors (Lipinski definition) is 1. The van der Waals surface area contributed by atoms with Crippen LogP contribution in [0, 0.1) is 6.92 Å². The number of benzene rings is 1. The molecular weight excluding hydrogens is 378 g/mol. The fourth-order valence-electron chi connectivity index (χ4n) is 3.83. The molecule has 3 aromatic rings. The third-order valence-corrected chi connectivity index (χ3v) is 6.41. The van der Waals surface area contributed by atoms with Gasteiger partial charge in [0.1, 0.15) is 0 Å². The highest BCUT2D eigenvalue weighted by Crippen LogP contribution is 2.34. The Hall–Kier alpha value is -2.94. The van der Waals surface area contributed by atoms with E-state index in [1.807, 2.05) is 13.8 Å². The topological polar surface area (TPSA) is 97.2 Å². The largest absolute Gasteiger partial charge is 0.309 e. The van der Waals surface area contributed by atoms with E-state index in [1.54, 1.807) is 34.8 Å². The zero-order valence-electron chi connectivity index (χ0n) is 16.1. The first-order valence-corrected chi connectivity index (χ1v) is 10.4. The molecule has 8 nitrogen and oxygen atoms in total. The van der Waals surface area contributed by atoms with Crippen LogP contribution in [0.5, 0.6) is 0 Å². The van der Waals surface area contributed by atoms with Crippen LogP contribution < -0.4 is 9.62 Å². The number of anilines is 2. The van der Waals surface area contributed by atoms with Gasteiger partial charge in [-0.15, -0.1) is 0 Å². The highest BCUT2D eigenvalue weighted by molar-refractivity contribution is 7.92. The second kappa shape index (κ2) is 6.30. The number of nitrogens with one attached hydrogen (secondary N) is 1. The Morgan fingerprint density at radius 2 is 2.04 bits per heavy atom. The third-order valence-electron chi connectivity index (χ3n) is 5.03. The van der Waals surface area contributed by atoms with Crippen molar-refractivity contribution in [1.82, 2.24) is 14.8 Å². The average molecular weight is 399 g/mol. The summed E-state index contributed by atoms with van der Waals surface area (Å²) >= 11 is 0. The number of aryl methyl sites for hydroxylation is 2. The highest BCUT2D eigenvalue weighted by atomic mass is 32.2. The van der Waals surface area contributed by atoms with Gasteiger partial charge in [0, 0.05) is 31.1 Å². The van der Waals surface area contributed by atoms with Crippen molar-refractivity contribution in [2.45, 2.75) is 38.1 Å². The predicted octanol–water partition coefficient (Wildman–Crippen LogP) is 2.38. The van der Waals surface area contributed by atoms with Crippen LogP contribution in [0.15, 0.2) is 35.4 Å². The molecule has 0 saturated carbocycles. The summed E-state index contributed by atoms with van der Waals surface area (Å²) in [7, 11) is -1.99. The lowest BCUT2D eigenvalue weighted by Gasteiger charge is -2.20. The molecule has 0 saturated heterocycles. The van der Waals surface area contributed by atoms with E-state index in [1.165, 1.54) is 19.2 Å². The molecule has 28 heavy (non-hydrogen) atoms. The van der Waals surface area contributed by atoms with Crippen molar-refractivity contribution in [2.24, 2.45) is 7.05 Å². The molecule has 0 aliphatic carbocycles. The molecule has 0 spiro atoms. The Balaban J connectivity index is 1.67. The van der Waals surface area contributed by atoms with Crippen molar-refractivity contribution < 1.29 is 13.2 Å². The van der Waals surface area contributed by atoms with Crippen LogP contribution in [0.4, 0.5) is 11.4 Å². The third kappa shape index (κ3) is 2.91. The molecule has 1 atom stereocenters. The van der Waals surface area contributed by atoms with Gasteiger partial charge in [0.15, 0.2) is 5.65 Å². The van der Waals surface area contributed by atoms with Gasteiger partial charge < -0.3 is 4.90 Å². The number of carbonyl (C=O) groups excluding carboxylic acids is 1. The number of aromatic nitrogens is 3. The summed E-state index contributed by atoms with van der Waals surface area (Å²) in [4.78, 5) is 18.0. The molecule has 4 rings (SSSR count). The van der Waals surface area contributed by atoms with Crippen molar-refractivity contribution in [3.63, 3.8) is 0 Å². The zero-order chi connectivity index (χ0) is 20.2. The number of pyridine rings is 1. The number of rotatable bonds is 3. The lowest BCUT2D eigenvalue weighted by Crippen LogP contribution is -2.33. The van der Waals surface area contributed by atoms with Crippen molar-refractivity contribution in [1.29, 1.82) is 0 Å². The van der Waals surface area contributed by atoms with Crippen LogP contribution in [0.25, 0.3) is 11.0 Å². The molecule has 3 heterocycles. The molecule has 1 aromatic carbocycles. The SMILES string of the molecule is CC(=O)N1c2ccc(S(=O)(=O)Nc3cnc4c(c3)c(C)nn4C)cc2C[C@@H]1C. The Labute approximate surface area is 163 Å². The zero-order valence-corrected chi connectivity index (χ0v) is 16.9. The van der Waals surface area contributed by atoms with Crippen molar-refractivity contribution in [3.8, 4) is 0 Å². The van der Waals surface area contributed by atoms with Gasteiger partial charge in [0.25, 0.3) is 10.0 Å². The van der Waals surface area contributed by atoms with Crippen molar-refractivity contribution in [2.75, 3.05) is 9.62 Å². The van der Waals surface area contributed by atoms with Gasteiger partial charge in [-0.2, -0.15) is 5.10 Å². The van der Waals surface area contributed by atoms with Gasteiger partial charge in [0.2, 0.25) is 5.91 Å². The Morgan fingerprint density at radius 1 is 1.29 bits per heavy atom. The fraction of sp³-hybridized carbons (Fsp3) is 0.316.